The van der Waals surface area contributed by atoms with Gasteiger partial charge in [-0.25, -0.2) is 0 Å². The number of carbonyl (C=O) groups excluding carboxylic acids is 3. The van der Waals surface area contributed by atoms with Crippen molar-refractivity contribution in [1.29, 1.82) is 0 Å². The van der Waals surface area contributed by atoms with Crippen LogP contribution < -0.4 is 10.1 Å². The fraction of sp³-hybridized carbons (Fsp3) is 0.318. The quantitative estimate of drug-likeness (QED) is 0.812. The van der Waals surface area contributed by atoms with Gasteiger partial charge in [0.15, 0.2) is 0 Å². The van der Waals surface area contributed by atoms with E-state index in [4.69, 9.17) is 4.74 Å². The number of fused-ring (bicyclic) bond motifs is 1. The predicted octanol–water partition coefficient (Wildman–Crippen LogP) is 2.59. The van der Waals surface area contributed by atoms with Gasteiger partial charge in [0, 0.05) is 17.5 Å². The summed E-state index contributed by atoms with van der Waals surface area (Å²) in [4.78, 5) is 37.9. The zero-order valence-corrected chi connectivity index (χ0v) is 15.7. The minimum atomic E-state index is -0.618. The summed E-state index contributed by atoms with van der Waals surface area (Å²) in [5.41, 5.74) is 3.68. The molecule has 1 atom stereocenters. The number of rotatable bonds is 5. The van der Waals surface area contributed by atoms with Crippen molar-refractivity contribution in [3.63, 3.8) is 0 Å². The molecule has 28 heavy (non-hydrogen) atoms. The van der Waals surface area contributed by atoms with Gasteiger partial charge in [-0.15, -0.1) is 0 Å². The molecule has 144 valence electrons. The summed E-state index contributed by atoms with van der Waals surface area (Å²) in [6.45, 7) is 2.84. The van der Waals surface area contributed by atoms with Crippen molar-refractivity contribution < 1.29 is 19.1 Å². The highest BCUT2D eigenvalue weighted by Gasteiger charge is 2.40. The highest BCUT2D eigenvalue weighted by atomic mass is 16.5. The molecule has 6 nitrogen and oxygen atoms in total. The first kappa shape index (κ1) is 18.2. The van der Waals surface area contributed by atoms with E-state index in [1.807, 2.05) is 18.2 Å². The summed E-state index contributed by atoms with van der Waals surface area (Å²) in [6, 6.07) is 13.0. The van der Waals surface area contributed by atoms with E-state index in [1.165, 1.54) is 10.5 Å². The Morgan fingerprint density at radius 2 is 1.82 bits per heavy atom. The van der Waals surface area contributed by atoms with Crippen LogP contribution in [0.15, 0.2) is 42.5 Å². The topological polar surface area (TPSA) is 75.7 Å². The van der Waals surface area contributed by atoms with Gasteiger partial charge in [0.2, 0.25) is 11.8 Å². The third kappa shape index (κ3) is 3.38. The Labute approximate surface area is 163 Å². The first-order chi connectivity index (χ1) is 13.6. The van der Waals surface area contributed by atoms with Crippen LogP contribution in [0, 0.1) is 0 Å². The molecule has 4 rings (SSSR count). The molecule has 0 unspecified atom stereocenters. The highest BCUT2D eigenvalue weighted by molar-refractivity contribution is 6.05. The van der Waals surface area contributed by atoms with Crippen LogP contribution in [0.25, 0.3) is 0 Å². The Morgan fingerprint density at radius 1 is 1.07 bits per heavy atom. The Hall–Kier alpha value is -3.15. The van der Waals surface area contributed by atoms with Gasteiger partial charge in [-0.2, -0.15) is 0 Å². The van der Waals surface area contributed by atoms with Gasteiger partial charge in [-0.05, 0) is 36.1 Å². The number of hydrogen-bond acceptors (Lipinski definition) is 4. The molecule has 1 N–H and O–H groups in total. The lowest BCUT2D eigenvalue weighted by molar-refractivity contribution is -0.136. The molecule has 0 bridgehead atoms. The summed E-state index contributed by atoms with van der Waals surface area (Å²) < 4.78 is 6.00. The number of hydrogen-bond donors (Lipinski definition) is 1. The molecule has 0 aromatic heterocycles. The van der Waals surface area contributed by atoms with Gasteiger partial charge in [0.1, 0.15) is 18.4 Å². The van der Waals surface area contributed by atoms with Gasteiger partial charge < -0.3 is 9.64 Å². The standard InChI is InChI=1S/C22H22N2O4/c1-2-14-6-8-15(9-7-14)13-28-19-5-3-4-16-17(19)12-24(22(16)27)18-10-11-20(25)23-21(18)26/h3-9,18H,2,10-13H2,1H3,(H,23,25,26)/t18-/m1/s1. The largest absolute Gasteiger partial charge is 0.489 e. The van der Waals surface area contributed by atoms with Crippen molar-refractivity contribution in [2.24, 2.45) is 0 Å². The molecular formula is C22H22N2O4. The Morgan fingerprint density at radius 3 is 2.54 bits per heavy atom. The maximum Gasteiger partial charge on any atom is 0.255 e. The van der Waals surface area contributed by atoms with Crippen molar-refractivity contribution in [2.45, 2.75) is 45.4 Å². The monoisotopic (exact) mass is 378 g/mol. The lowest BCUT2D eigenvalue weighted by Crippen LogP contribution is -2.52. The fourth-order valence-electron chi connectivity index (χ4n) is 3.72. The van der Waals surface area contributed by atoms with E-state index >= 15 is 0 Å². The lowest BCUT2D eigenvalue weighted by Gasteiger charge is -2.29. The maximum atomic E-state index is 12.8. The second-order valence-electron chi connectivity index (χ2n) is 7.14. The zero-order chi connectivity index (χ0) is 19.7. The molecule has 6 heteroatoms. The molecule has 0 radical (unpaired) electrons. The Bertz CT molecular complexity index is 936. The first-order valence-electron chi connectivity index (χ1n) is 9.54. The molecule has 2 heterocycles. The van der Waals surface area contributed by atoms with Gasteiger partial charge in [0.25, 0.3) is 5.91 Å². The van der Waals surface area contributed by atoms with Crippen molar-refractivity contribution in [2.75, 3.05) is 0 Å². The second kappa shape index (κ2) is 7.46. The van der Waals surface area contributed by atoms with Crippen LogP contribution in [0.4, 0.5) is 0 Å². The van der Waals surface area contributed by atoms with E-state index in [2.05, 4.69) is 24.4 Å². The fourth-order valence-corrected chi connectivity index (χ4v) is 3.72. The van der Waals surface area contributed by atoms with Crippen molar-refractivity contribution in [1.82, 2.24) is 10.2 Å². The summed E-state index contributed by atoms with van der Waals surface area (Å²) in [5.74, 6) is -0.234. The number of nitrogens with one attached hydrogen (secondary N) is 1. The third-order valence-corrected chi connectivity index (χ3v) is 5.36. The number of aryl methyl sites for hydroxylation is 1. The first-order valence-corrected chi connectivity index (χ1v) is 9.54. The smallest absolute Gasteiger partial charge is 0.255 e. The Balaban J connectivity index is 1.50. The number of imide groups is 1. The molecule has 3 amide bonds. The number of ether oxygens (including phenoxy) is 1. The SMILES string of the molecule is CCc1ccc(COc2cccc3c2CN([C@@H]2CCC(=O)NC2=O)C3=O)cc1. The predicted molar refractivity (Wildman–Crippen MR) is 103 cm³/mol. The normalized spacial score (nSPS) is 18.8. The molecule has 0 saturated carbocycles. The van der Waals surface area contributed by atoms with E-state index in [1.54, 1.807) is 12.1 Å². The minimum absolute atomic E-state index is 0.192. The van der Waals surface area contributed by atoms with E-state index in [9.17, 15) is 14.4 Å². The number of nitrogens with zero attached hydrogens (tertiary/aromatic N) is 1. The molecule has 1 saturated heterocycles. The van der Waals surface area contributed by atoms with Crippen LogP contribution in [0.3, 0.4) is 0 Å². The number of amides is 3. The van der Waals surface area contributed by atoms with Crippen LogP contribution in [-0.4, -0.2) is 28.7 Å². The van der Waals surface area contributed by atoms with Crippen LogP contribution in [-0.2, 0) is 29.2 Å². The average molecular weight is 378 g/mol. The van der Waals surface area contributed by atoms with E-state index < -0.39 is 11.9 Å². The molecule has 2 aliphatic heterocycles. The zero-order valence-electron chi connectivity index (χ0n) is 15.7. The lowest BCUT2D eigenvalue weighted by atomic mass is 10.0. The summed E-state index contributed by atoms with van der Waals surface area (Å²) in [6.07, 6.45) is 1.59. The molecule has 2 aliphatic rings. The van der Waals surface area contributed by atoms with Crippen molar-refractivity contribution in [3.8, 4) is 5.75 Å². The summed E-state index contributed by atoms with van der Waals surface area (Å²) >= 11 is 0. The van der Waals surface area contributed by atoms with Crippen LogP contribution in [0.2, 0.25) is 0 Å². The number of carbonyl (C=O) groups is 3. The van der Waals surface area contributed by atoms with E-state index in [0.717, 1.165) is 17.5 Å². The molecule has 2 aromatic carbocycles. The number of benzene rings is 2. The van der Waals surface area contributed by atoms with Crippen LogP contribution in [0.5, 0.6) is 5.75 Å². The maximum absolute atomic E-state index is 12.8. The highest BCUT2D eigenvalue weighted by Crippen LogP contribution is 2.33. The molecule has 1 fully saturated rings. The van der Waals surface area contributed by atoms with E-state index in [0.29, 0.717) is 30.9 Å². The Kier molecular flexibility index (Phi) is 4.86. The van der Waals surface area contributed by atoms with Gasteiger partial charge in [0.05, 0.1) is 6.54 Å². The van der Waals surface area contributed by atoms with Gasteiger partial charge >= 0.3 is 0 Å². The van der Waals surface area contributed by atoms with Gasteiger partial charge in [-0.1, -0.05) is 37.3 Å². The molecule has 2 aromatic rings. The van der Waals surface area contributed by atoms with Crippen LogP contribution >= 0.6 is 0 Å². The molecule has 0 spiro atoms. The van der Waals surface area contributed by atoms with Crippen LogP contribution in [0.1, 0.15) is 46.8 Å². The summed E-state index contributed by atoms with van der Waals surface area (Å²) in [5, 5.41) is 2.32. The molecular weight excluding hydrogens is 356 g/mol. The third-order valence-electron chi connectivity index (χ3n) is 5.36. The van der Waals surface area contributed by atoms with E-state index in [-0.39, 0.29) is 18.2 Å². The average Bonchev–Trinajstić information content (AvgIpc) is 3.04. The van der Waals surface area contributed by atoms with Crippen molar-refractivity contribution >= 4 is 17.7 Å². The number of piperidine rings is 1. The minimum Gasteiger partial charge on any atom is -0.489 e. The van der Waals surface area contributed by atoms with Crippen molar-refractivity contribution in [3.05, 3.63) is 64.7 Å². The van der Waals surface area contributed by atoms with Gasteiger partial charge in [-0.3, -0.25) is 19.7 Å². The second-order valence-corrected chi connectivity index (χ2v) is 7.14. The molecule has 0 aliphatic carbocycles. The summed E-state index contributed by atoms with van der Waals surface area (Å²) in [7, 11) is 0.